The van der Waals surface area contributed by atoms with Crippen molar-refractivity contribution in [2.45, 2.75) is 37.0 Å². The third-order valence-corrected chi connectivity index (χ3v) is 6.08. The second-order valence-electron chi connectivity index (χ2n) is 8.21. The number of rotatable bonds is 5. The van der Waals surface area contributed by atoms with Crippen LogP contribution in [0.2, 0.25) is 0 Å². The number of primary amides is 1. The number of benzene rings is 2. The zero-order valence-electron chi connectivity index (χ0n) is 18.1. The first-order valence-corrected chi connectivity index (χ1v) is 11.0. The molecule has 0 bridgehead atoms. The molecule has 0 aromatic heterocycles. The van der Waals surface area contributed by atoms with Gasteiger partial charge in [-0.15, -0.1) is 18.2 Å². The number of alkyl carbamates (subject to hydrolysis) is 1. The van der Waals surface area contributed by atoms with Crippen LogP contribution >= 0.6 is 11.8 Å². The van der Waals surface area contributed by atoms with Crippen LogP contribution in [0.5, 0.6) is 0 Å². The van der Waals surface area contributed by atoms with E-state index in [-0.39, 0.29) is 12.5 Å². The Balaban J connectivity index is 1.94. The Bertz CT molecular complexity index is 1090. The summed E-state index contributed by atoms with van der Waals surface area (Å²) in [6, 6.07) is 13.9. The first-order valence-electron chi connectivity index (χ1n) is 10.0. The van der Waals surface area contributed by atoms with Gasteiger partial charge < -0.3 is 15.8 Å². The molecule has 0 spiro atoms. The molecule has 3 rings (SSSR count). The smallest absolute Gasteiger partial charge is 0.407 e. The maximum absolute atomic E-state index is 13.4. The van der Waals surface area contributed by atoms with Crippen LogP contribution in [-0.4, -0.2) is 35.3 Å². The van der Waals surface area contributed by atoms with Crippen LogP contribution in [-0.2, 0) is 9.53 Å². The summed E-state index contributed by atoms with van der Waals surface area (Å²) < 4.78 is 5.27. The Morgan fingerprint density at radius 1 is 1.22 bits per heavy atom. The summed E-state index contributed by atoms with van der Waals surface area (Å²) in [4.78, 5) is 38.8. The maximum atomic E-state index is 13.4. The van der Waals surface area contributed by atoms with Crippen LogP contribution in [0.15, 0.2) is 48.5 Å². The molecule has 2 aromatic carbocycles. The minimum absolute atomic E-state index is 0.0825. The summed E-state index contributed by atoms with van der Waals surface area (Å²) in [6.45, 7) is 5.38. The predicted molar refractivity (Wildman–Crippen MR) is 125 cm³/mol. The predicted octanol–water partition coefficient (Wildman–Crippen LogP) is 3.44. The fourth-order valence-electron chi connectivity index (χ4n) is 3.30. The number of hydrogen-bond acceptors (Lipinski definition) is 5. The normalized spacial score (nSPS) is 18.2. The van der Waals surface area contributed by atoms with E-state index in [2.05, 4.69) is 11.2 Å². The van der Waals surface area contributed by atoms with Crippen molar-refractivity contribution in [2.24, 2.45) is 5.73 Å². The van der Waals surface area contributed by atoms with Crippen molar-refractivity contribution in [3.8, 4) is 12.3 Å². The molecule has 3 amide bonds. The monoisotopic (exact) mass is 451 g/mol. The van der Waals surface area contributed by atoms with Gasteiger partial charge in [0.25, 0.3) is 0 Å². The average Bonchev–Trinajstić information content (AvgIpc) is 3.07. The number of ether oxygens (including phenoxy) is 1. The molecule has 3 N–H and O–H groups in total. The number of anilines is 1. The van der Waals surface area contributed by atoms with E-state index in [9.17, 15) is 14.4 Å². The summed E-state index contributed by atoms with van der Waals surface area (Å²) in [6.07, 6.45) is 5.10. The van der Waals surface area contributed by atoms with Crippen molar-refractivity contribution in [2.75, 3.05) is 11.4 Å². The number of amides is 3. The number of nitrogens with zero attached hydrogens (tertiary/aromatic N) is 1. The number of thioether (sulfide) groups is 1. The Hall–Kier alpha value is -3.44. The number of nitrogens with two attached hydrogens (primary N) is 1. The fourth-order valence-corrected chi connectivity index (χ4v) is 4.72. The molecule has 8 heteroatoms. The molecule has 0 unspecified atom stereocenters. The van der Waals surface area contributed by atoms with Gasteiger partial charge in [0.15, 0.2) is 0 Å². The second kappa shape index (κ2) is 9.37. The van der Waals surface area contributed by atoms with E-state index in [1.54, 1.807) is 49.9 Å². The number of carbonyl (C=O) groups is 3. The van der Waals surface area contributed by atoms with Crippen molar-refractivity contribution < 1.29 is 19.1 Å². The Morgan fingerprint density at radius 2 is 1.94 bits per heavy atom. The van der Waals surface area contributed by atoms with Gasteiger partial charge in [-0.25, -0.2) is 4.79 Å². The van der Waals surface area contributed by atoms with E-state index >= 15 is 0 Å². The average molecular weight is 452 g/mol. The van der Waals surface area contributed by atoms with E-state index < -0.39 is 28.2 Å². The van der Waals surface area contributed by atoms with Gasteiger partial charge in [0.1, 0.15) is 16.2 Å². The van der Waals surface area contributed by atoms with E-state index in [0.717, 1.165) is 5.56 Å². The maximum Gasteiger partial charge on any atom is 0.407 e. The molecular weight excluding hydrogens is 426 g/mol. The lowest BCUT2D eigenvalue weighted by Gasteiger charge is -2.25. The second-order valence-corrected chi connectivity index (χ2v) is 9.50. The van der Waals surface area contributed by atoms with Crippen LogP contribution in [0, 0.1) is 12.3 Å². The van der Waals surface area contributed by atoms with Gasteiger partial charge in [-0.1, -0.05) is 30.2 Å². The molecule has 1 saturated heterocycles. The standard InChI is InChI=1S/C24H25N3O4S/c1-5-15-9-6-7-12-18(15)22-27(17-11-8-10-16(13-17)20(25)28)21(29)19(32-22)14-26-23(30)31-24(2,3)4/h1,6-13,19,22H,14H2,2-4H3,(H2,25,28)(H,26,30)/t19-,22+/m1/s1. The van der Waals surface area contributed by atoms with Gasteiger partial charge >= 0.3 is 6.09 Å². The zero-order valence-corrected chi connectivity index (χ0v) is 18.9. The van der Waals surface area contributed by atoms with Gasteiger partial charge in [0.05, 0.1) is 0 Å². The molecule has 0 saturated carbocycles. The van der Waals surface area contributed by atoms with Gasteiger partial charge in [0, 0.05) is 28.9 Å². The largest absolute Gasteiger partial charge is 0.444 e. The van der Waals surface area contributed by atoms with Crippen molar-refractivity contribution in [1.29, 1.82) is 0 Å². The minimum Gasteiger partial charge on any atom is -0.444 e. The van der Waals surface area contributed by atoms with Crippen LogP contribution in [0.25, 0.3) is 0 Å². The molecular formula is C24H25N3O4S. The van der Waals surface area contributed by atoms with Crippen LogP contribution < -0.4 is 16.0 Å². The minimum atomic E-state index is -0.646. The van der Waals surface area contributed by atoms with E-state index in [1.165, 1.54) is 11.8 Å². The highest BCUT2D eigenvalue weighted by molar-refractivity contribution is 8.01. The van der Waals surface area contributed by atoms with Crippen LogP contribution in [0.4, 0.5) is 10.5 Å². The first kappa shape index (κ1) is 23.2. The molecule has 1 aliphatic heterocycles. The van der Waals surface area contributed by atoms with Gasteiger partial charge in [0.2, 0.25) is 11.8 Å². The molecule has 166 valence electrons. The van der Waals surface area contributed by atoms with Crippen LogP contribution in [0.1, 0.15) is 47.6 Å². The SMILES string of the molecule is C#Cc1ccccc1[C@@H]1S[C@H](CNC(=O)OC(C)(C)C)C(=O)N1c1cccc(C(N)=O)c1. The fraction of sp³-hybridized carbons (Fsp3) is 0.292. The van der Waals surface area contributed by atoms with Crippen molar-refractivity contribution in [3.05, 3.63) is 65.2 Å². The molecule has 2 aromatic rings. The van der Waals surface area contributed by atoms with Gasteiger partial charge in [-0.2, -0.15) is 0 Å². The quantitative estimate of drug-likeness (QED) is 0.678. The van der Waals surface area contributed by atoms with Gasteiger partial charge in [-0.3, -0.25) is 14.5 Å². The third kappa shape index (κ3) is 5.24. The summed E-state index contributed by atoms with van der Waals surface area (Å²) >= 11 is 1.37. The molecule has 0 radical (unpaired) electrons. The number of carbonyl (C=O) groups excluding carboxylic acids is 3. The summed E-state index contributed by atoms with van der Waals surface area (Å²) in [5.41, 5.74) is 7.05. The lowest BCUT2D eigenvalue weighted by Crippen LogP contribution is -2.40. The molecule has 0 aliphatic carbocycles. The van der Waals surface area contributed by atoms with Crippen molar-refractivity contribution >= 4 is 35.4 Å². The van der Waals surface area contributed by atoms with Gasteiger partial charge in [-0.05, 0) is 45.0 Å². The highest BCUT2D eigenvalue weighted by Gasteiger charge is 2.43. The number of nitrogens with one attached hydrogen (secondary N) is 1. The highest BCUT2D eigenvalue weighted by Crippen LogP contribution is 2.46. The number of hydrogen-bond donors (Lipinski definition) is 2. The highest BCUT2D eigenvalue weighted by atomic mass is 32.2. The van der Waals surface area contributed by atoms with Crippen LogP contribution in [0.3, 0.4) is 0 Å². The molecule has 7 nitrogen and oxygen atoms in total. The summed E-state index contributed by atoms with van der Waals surface area (Å²) in [5, 5.41) is 1.65. The first-order chi connectivity index (χ1) is 15.1. The molecule has 1 heterocycles. The van der Waals surface area contributed by atoms with E-state index in [0.29, 0.717) is 16.8 Å². The number of terminal acetylenes is 1. The Labute approximate surface area is 191 Å². The topological polar surface area (TPSA) is 102 Å². The summed E-state index contributed by atoms with van der Waals surface area (Å²) in [5.74, 6) is 1.86. The van der Waals surface area contributed by atoms with E-state index in [4.69, 9.17) is 16.9 Å². The zero-order chi connectivity index (χ0) is 23.5. The molecule has 32 heavy (non-hydrogen) atoms. The van der Waals surface area contributed by atoms with Crippen molar-refractivity contribution in [3.63, 3.8) is 0 Å². The lowest BCUT2D eigenvalue weighted by atomic mass is 10.1. The van der Waals surface area contributed by atoms with E-state index in [1.807, 2.05) is 24.3 Å². The summed E-state index contributed by atoms with van der Waals surface area (Å²) in [7, 11) is 0. The Morgan fingerprint density at radius 3 is 2.59 bits per heavy atom. The molecule has 1 aliphatic rings. The third-order valence-electron chi connectivity index (χ3n) is 4.66. The van der Waals surface area contributed by atoms with Crippen molar-refractivity contribution in [1.82, 2.24) is 5.32 Å². The Kier molecular flexibility index (Phi) is 6.80. The molecule has 2 atom stereocenters. The lowest BCUT2D eigenvalue weighted by molar-refractivity contribution is -0.117. The molecule has 1 fully saturated rings.